The third-order valence-electron chi connectivity index (χ3n) is 2.33. The third kappa shape index (κ3) is 2.58. The summed E-state index contributed by atoms with van der Waals surface area (Å²) in [4.78, 5) is 0.0571. The molecule has 0 spiro atoms. The van der Waals surface area contributed by atoms with E-state index in [4.69, 9.17) is 0 Å². The molecule has 16 heavy (non-hydrogen) atoms. The standard InChI is InChI=1S/C10H12FNO3S/c1-7-2-4-8(5-3-7)16(13,14)15-12-10-6-9(10)11/h2-5,9-10,12H,6H2,1H3. The van der Waals surface area contributed by atoms with E-state index < -0.39 is 22.3 Å². The van der Waals surface area contributed by atoms with Crippen LogP contribution >= 0.6 is 0 Å². The molecule has 1 aliphatic rings. The van der Waals surface area contributed by atoms with Gasteiger partial charge in [-0.25, -0.2) is 4.39 Å². The molecule has 4 nitrogen and oxygen atoms in total. The van der Waals surface area contributed by atoms with Crippen molar-refractivity contribution in [2.45, 2.75) is 30.5 Å². The lowest BCUT2D eigenvalue weighted by atomic mass is 10.2. The van der Waals surface area contributed by atoms with Crippen molar-refractivity contribution in [1.82, 2.24) is 5.48 Å². The number of hydrogen-bond donors (Lipinski definition) is 1. The van der Waals surface area contributed by atoms with Crippen LogP contribution in [0.15, 0.2) is 29.2 Å². The summed E-state index contributed by atoms with van der Waals surface area (Å²) >= 11 is 0. The Bertz CT molecular complexity index is 471. The Kier molecular flexibility index (Phi) is 2.96. The minimum Gasteiger partial charge on any atom is -0.246 e. The highest BCUT2D eigenvalue weighted by molar-refractivity contribution is 7.86. The summed E-state index contributed by atoms with van der Waals surface area (Å²) in [5.41, 5.74) is 3.15. The fraction of sp³-hybridized carbons (Fsp3) is 0.400. The Labute approximate surface area is 93.5 Å². The normalized spacial score (nSPS) is 24.4. The van der Waals surface area contributed by atoms with Gasteiger partial charge >= 0.3 is 10.1 Å². The highest BCUT2D eigenvalue weighted by atomic mass is 32.2. The molecule has 0 amide bonds. The SMILES string of the molecule is Cc1ccc(S(=O)(=O)ONC2CC2F)cc1. The second-order valence-electron chi connectivity index (χ2n) is 3.83. The van der Waals surface area contributed by atoms with Crippen LogP contribution in [0.5, 0.6) is 0 Å². The van der Waals surface area contributed by atoms with Gasteiger partial charge in [0.1, 0.15) is 6.17 Å². The van der Waals surface area contributed by atoms with E-state index in [1.807, 2.05) is 6.92 Å². The van der Waals surface area contributed by atoms with Gasteiger partial charge in [0.25, 0.3) is 0 Å². The van der Waals surface area contributed by atoms with Gasteiger partial charge in [0.15, 0.2) is 0 Å². The number of rotatable bonds is 4. The molecular formula is C10H12FNO3S. The quantitative estimate of drug-likeness (QED) is 0.813. The fourth-order valence-electron chi connectivity index (χ4n) is 1.16. The molecule has 1 aromatic carbocycles. The molecule has 1 N–H and O–H groups in total. The van der Waals surface area contributed by atoms with Gasteiger partial charge in [-0.3, -0.25) is 0 Å². The number of alkyl halides is 1. The van der Waals surface area contributed by atoms with Crippen LogP contribution in [0.4, 0.5) is 4.39 Å². The molecule has 1 aliphatic carbocycles. The fourth-order valence-corrected chi connectivity index (χ4v) is 1.98. The average molecular weight is 245 g/mol. The monoisotopic (exact) mass is 245 g/mol. The Morgan fingerprint density at radius 2 is 1.94 bits per heavy atom. The first-order valence-electron chi connectivity index (χ1n) is 4.89. The topological polar surface area (TPSA) is 55.4 Å². The van der Waals surface area contributed by atoms with Gasteiger partial charge in [-0.05, 0) is 19.1 Å². The molecule has 6 heteroatoms. The van der Waals surface area contributed by atoms with Crippen molar-refractivity contribution in [3.8, 4) is 0 Å². The number of aryl methyl sites for hydroxylation is 1. The second kappa shape index (κ2) is 4.12. The molecule has 1 aromatic rings. The van der Waals surface area contributed by atoms with E-state index in [1.54, 1.807) is 12.1 Å². The Balaban J connectivity index is 2.03. The lowest BCUT2D eigenvalue weighted by molar-refractivity contribution is 0.187. The molecule has 88 valence electrons. The lowest BCUT2D eigenvalue weighted by Crippen LogP contribution is -2.23. The maximum absolute atomic E-state index is 12.5. The molecule has 2 atom stereocenters. The highest BCUT2D eigenvalue weighted by Gasteiger charge is 2.39. The molecule has 0 saturated heterocycles. The van der Waals surface area contributed by atoms with Gasteiger partial charge in [-0.1, -0.05) is 17.7 Å². The molecule has 0 aromatic heterocycles. The first kappa shape index (κ1) is 11.5. The zero-order chi connectivity index (χ0) is 11.8. The van der Waals surface area contributed by atoms with E-state index in [2.05, 4.69) is 9.76 Å². The summed E-state index contributed by atoms with van der Waals surface area (Å²) in [6, 6.07) is 5.75. The maximum Gasteiger partial charge on any atom is 0.312 e. The van der Waals surface area contributed by atoms with Crippen molar-refractivity contribution in [3.63, 3.8) is 0 Å². The Morgan fingerprint density at radius 1 is 1.38 bits per heavy atom. The molecule has 2 rings (SSSR count). The summed E-state index contributed by atoms with van der Waals surface area (Å²) in [7, 11) is -3.83. The van der Waals surface area contributed by atoms with Crippen molar-refractivity contribution < 1.29 is 17.1 Å². The average Bonchev–Trinajstić information content (AvgIpc) is 2.93. The maximum atomic E-state index is 12.5. The number of benzene rings is 1. The summed E-state index contributed by atoms with van der Waals surface area (Å²) in [6.07, 6.45) is -0.711. The van der Waals surface area contributed by atoms with E-state index in [0.717, 1.165) is 5.56 Å². The van der Waals surface area contributed by atoms with Crippen LogP contribution in [0.2, 0.25) is 0 Å². The molecule has 2 unspecified atom stereocenters. The number of halogens is 1. The molecule has 1 fully saturated rings. The van der Waals surface area contributed by atoms with Crippen molar-refractivity contribution in [3.05, 3.63) is 29.8 Å². The molecule has 1 saturated carbocycles. The molecular weight excluding hydrogens is 233 g/mol. The molecule has 0 bridgehead atoms. The van der Waals surface area contributed by atoms with Crippen LogP contribution < -0.4 is 5.48 Å². The summed E-state index contributed by atoms with van der Waals surface area (Å²) < 4.78 is 40.2. The van der Waals surface area contributed by atoms with Crippen LogP contribution in [0, 0.1) is 6.92 Å². The summed E-state index contributed by atoms with van der Waals surface area (Å²) in [5.74, 6) is 0. The van der Waals surface area contributed by atoms with Gasteiger partial charge in [0.2, 0.25) is 0 Å². The highest BCUT2D eigenvalue weighted by Crippen LogP contribution is 2.25. The Hall–Kier alpha value is -0.980. The van der Waals surface area contributed by atoms with Crippen LogP contribution in [0.25, 0.3) is 0 Å². The number of hydrogen-bond acceptors (Lipinski definition) is 4. The van der Waals surface area contributed by atoms with Crippen LogP contribution in [0.3, 0.4) is 0 Å². The third-order valence-corrected chi connectivity index (χ3v) is 3.50. The second-order valence-corrected chi connectivity index (χ2v) is 5.37. The molecule has 0 radical (unpaired) electrons. The minimum absolute atomic E-state index is 0.0571. The van der Waals surface area contributed by atoms with Gasteiger partial charge in [-0.15, -0.1) is 0 Å². The number of hydroxylamine groups is 1. The zero-order valence-electron chi connectivity index (χ0n) is 8.68. The predicted octanol–water partition coefficient (Wildman–Crippen LogP) is 1.32. The van der Waals surface area contributed by atoms with Crippen molar-refractivity contribution in [1.29, 1.82) is 0 Å². The van der Waals surface area contributed by atoms with Crippen LogP contribution in [-0.4, -0.2) is 20.6 Å². The zero-order valence-corrected chi connectivity index (χ0v) is 9.50. The van der Waals surface area contributed by atoms with Crippen molar-refractivity contribution in [2.75, 3.05) is 0 Å². The van der Waals surface area contributed by atoms with Crippen molar-refractivity contribution in [2.24, 2.45) is 0 Å². The van der Waals surface area contributed by atoms with Gasteiger partial charge in [0.05, 0.1) is 10.9 Å². The van der Waals surface area contributed by atoms with Gasteiger partial charge < -0.3 is 0 Å². The first-order chi connectivity index (χ1) is 7.49. The largest absolute Gasteiger partial charge is 0.312 e. The van der Waals surface area contributed by atoms with E-state index in [0.29, 0.717) is 6.42 Å². The van der Waals surface area contributed by atoms with E-state index in [-0.39, 0.29) is 4.90 Å². The van der Waals surface area contributed by atoms with Crippen LogP contribution in [-0.2, 0) is 14.4 Å². The first-order valence-corrected chi connectivity index (χ1v) is 6.29. The smallest absolute Gasteiger partial charge is 0.246 e. The lowest BCUT2D eigenvalue weighted by Gasteiger charge is -2.05. The predicted molar refractivity (Wildman–Crippen MR) is 55.9 cm³/mol. The molecule has 0 aliphatic heterocycles. The summed E-state index contributed by atoms with van der Waals surface area (Å²) in [5, 5.41) is 0. The van der Waals surface area contributed by atoms with Crippen LogP contribution in [0.1, 0.15) is 12.0 Å². The van der Waals surface area contributed by atoms with Crippen molar-refractivity contribution >= 4 is 10.1 Å². The number of nitrogens with one attached hydrogen (secondary N) is 1. The van der Waals surface area contributed by atoms with Gasteiger partial charge in [0, 0.05) is 6.42 Å². The van der Waals surface area contributed by atoms with Gasteiger partial charge in [-0.2, -0.15) is 18.2 Å². The van der Waals surface area contributed by atoms with E-state index >= 15 is 0 Å². The van der Waals surface area contributed by atoms with E-state index in [9.17, 15) is 12.8 Å². The summed E-state index contributed by atoms with van der Waals surface area (Å²) in [6.45, 7) is 1.85. The molecule has 0 heterocycles. The van der Waals surface area contributed by atoms with E-state index in [1.165, 1.54) is 12.1 Å². The Morgan fingerprint density at radius 3 is 2.44 bits per heavy atom. The minimum atomic E-state index is -3.83.